The summed E-state index contributed by atoms with van der Waals surface area (Å²) in [6, 6.07) is 15.2. The number of methoxy groups -OCH3 is 2. The van der Waals surface area contributed by atoms with Gasteiger partial charge in [0.1, 0.15) is 0 Å². The fraction of sp³-hybridized carbons (Fsp3) is 0.130. The van der Waals surface area contributed by atoms with Gasteiger partial charge >= 0.3 is 186 Å². The quantitative estimate of drug-likeness (QED) is 0.476. The Bertz CT molecular complexity index is 1100. The van der Waals surface area contributed by atoms with E-state index in [0.29, 0.717) is 23.6 Å². The molecule has 0 radical (unpaired) electrons. The van der Waals surface area contributed by atoms with Gasteiger partial charge in [0, 0.05) is 0 Å². The number of fused-ring (bicyclic) bond motifs is 1. The average Bonchev–Trinajstić information content (AvgIpc) is 3.45. The molecule has 7 heteroatoms. The van der Waals surface area contributed by atoms with Gasteiger partial charge in [0.25, 0.3) is 0 Å². The number of nitrogens with one attached hydrogen (secondary N) is 1. The van der Waals surface area contributed by atoms with E-state index in [9.17, 15) is 4.79 Å². The Labute approximate surface area is 185 Å². The van der Waals surface area contributed by atoms with E-state index in [-0.39, 0.29) is 5.91 Å². The number of hydrogen-bond donors (Lipinski definition) is 1. The fourth-order valence-corrected chi connectivity index (χ4v) is 5.09. The molecule has 30 heavy (non-hydrogen) atoms. The van der Waals surface area contributed by atoms with Crippen molar-refractivity contribution in [3.05, 3.63) is 86.9 Å². The van der Waals surface area contributed by atoms with Crippen LogP contribution in [-0.4, -0.2) is 25.8 Å². The van der Waals surface area contributed by atoms with Gasteiger partial charge in [0.05, 0.1) is 0 Å². The molecular weight excluding hydrogens is 495 g/mol. The zero-order chi connectivity index (χ0) is 20.9. The number of allylic oxidation sites excluding steroid dienone is 1. The molecular formula is C23H20IN2O4-. The molecule has 0 spiro atoms. The normalized spacial score (nSPS) is 12.8. The van der Waals surface area contributed by atoms with Gasteiger partial charge in [-0.25, -0.2) is 0 Å². The van der Waals surface area contributed by atoms with E-state index in [0.717, 1.165) is 26.2 Å². The molecule has 1 aliphatic rings. The molecule has 0 aliphatic carbocycles. The third kappa shape index (κ3) is 4.25. The molecule has 4 rings (SSSR count). The predicted octanol–water partition coefficient (Wildman–Crippen LogP) is 0.916. The predicted molar refractivity (Wildman–Crippen MR) is 110 cm³/mol. The maximum absolute atomic E-state index is 12.8. The summed E-state index contributed by atoms with van der Waals surface area (Å²) >= 11 is -0.512. The molecule has 3 aromatic rings. The third-order valence-electron chi connectivity index (χ3n) is 4.59. The Morgan fingerprint density at radius 1 is 1.10 bits per heavy atom. The molecule has 1 aromatic heterocycles. The molecule has 0 saturated carbocycles. The summed E-state index contributed by atoms with van der Waals surface area (Å²) in [6.45, 7) is 0.317. The van der Waals surface area contributed by atoms with E-state index < -0.39 is 21.5 Å². The molecule has 1 amide bonds. The van der Waals surface area contributed by atoms with Crippen LogP contribution in [0.15, 0.2) is 68.5 Å². The van der Waals surface area contributed by atoms with Gasteiger partial charge in [-0.05, 0) is 0 Å². The van der Waals surface area contributed by atoms with Crippen LogP contribution in [0, 0.1) is 3.57 Å². The van der Waals surface area contributed by atoms with Crippen molar-refractivity contribution in [3.63, 3.8) is 0 Å². The second-order valence-electron chi connectivity index (χ2n) is 6.43. The zero-order valence-corrected chi connectivity index (χ0v) is 18.7. The van der Waals surface area contributed by atoms with Crippen LogP contribution in [0.4, 0.5) is 0 Å². The SMILES string of the molecule is COc1ccc(/C=C/C2=N[I-]c3ccc(C(=O)NCc4ccco4)c(OC)c32)cc1. The fourth-order valence-electron chi connectivity index (χ4n) is 3.07. The van der Waals surface area contributed by atoms with Crippen LogP contribution in [0.3, 0.4) is 0 Å². The Hall–Kier alpha value is -3.07. The molecule has 2 aromatic carbocycles. The van der Waals surface area contributed by atoms with Crippen LogP contribution in [0.5, 0.6) is 11.5 Å². The summed E-state index contributed by atoms with van der Waals surface area (Å²) in [6.07, 6.45) is 5.56. The number of ether oxygens (including phenoxy) is 2. The summed E-state index contributed by atoms with van der Waals surface area (Å²) in [5.41, 5.74) is 3.27. The molecule has 0 atom stereocenters. The van der Waals surface area contributed by atoms with Gasteiger partial charge in [-0.3, -0.25) is 0 Å². The van der Waals surface area contributed by atoms with Crippen LogP contribution in [0.25, 0.3) is 6.08 Å². The average molecular weight is 515 g/mol. The number of carbonyl (C=O) groups excluding carboxylic acids is 1. The maximum atomic E-state index is 12.8. The van der Waals surface area contributed by atoms with Crippen molar-refractivity contribution in [1.82, 2.24) is 5.32 Å². The van der Waals surface area contributed by atoms with Crippen LogP contribution in [0.1, 0.15) is 27.2 Å². The third-order valence-corrected chi connectivity index (χ3v) is 6.77. The van der Waals surface area contributed by atoms with Crippen LogP contribution >= 0.6 is 0 Å². The van der Waals surface area contributed by atoms with E-state index in [1.165, 1.54) is 0 Å². The second-order valence-corrected chi connectivity index (χ2v) is 8.55. The summed E-state index contributed by atoms with van der Waals surface area (Å²) in [7, 11) is 3.23. The van der Waals surface area contributed by atoms with E-state index in [2.05, 4.69) is 5.32 Å². The van der Waals surface area contributed by atoms with E-state index in [1.54, 1.807) is 32.6 Å². The van der Waals surface area contributed by atoms with Crippen molar-refractivity contribution in [3.8, 4) is 11.5 Å². The molecule has 1 N–H and O–H groups in total. The minimum atomic E-state index is -0.512. The van der Waals surface area contributed by atoms with E-state index >= 15 is 0 Å². The van der Waals surface area contributed by atoms with Crippen LogP contribution < -0.4 is 36.3 Å². The van der Waals surface area contributed by atoms with Gasteiger partial charge in [-0.15, -0.1) is 0 Å². The Morgan fingerprint density at radius 2 is 1.93 bits per heavy atom. The summed E-state index contributed by atoms with van der Waals surface area (Å²) < 4.78 is 22.0. The number of hydrogen-bond acceptors (Lipinski definition) is 5. The first-order valence-electron chi connectivity index (χ1n) is 9.26. The first kappa shape index (κ1) is 20.2. The van der Waals surface area contributed by atoms with Gasteiger partial charge < -0.3 is 0 Å². The zero-order valence-electron chi connectivity index (χ0n) is 16.5. The van der Waals surface area contributed by atoms with Crippen molar-refractivity contribution >= 4 is 17.7 Å². The molecule has 0 bridgehead atoms. The van der Waals surface area contributed by atoms with Crippen molar-refractivity contribution < 1.29 is 40.2 Å². The monoisotopic (exact) mass is 515 g/mol. The number of halogens is 1. The minimum absolute atomic E-state index is 0.213. The molecule has 0 unspecified atom stereocenters. The standard InChI is InChI=1S/C23H20IN2O4/c1-28-16-8-5-15(6-9-16)7-12-20-21-19(24-26-20)11-10-18(22(21)29-2)23(27)25-14-17-4-3-13-30-17/h3-13H,14H2,1-2H3,(H,25,27)/q-1/b12-7+. The number of amides is 1. The number of benzene rings is 2. The first-order chi connectivity index (χ1) is 14.7. The van der Waals surface area contributed by atoms with Crippen molar-refractivity contribution in [2.24, 2.45) is 3.21 Å². The van der Waals surface area contributed by atoms with Crippen LogP contribution in [-0.2, 0) is 6.54 Å². The van der Waals surface area contributed by atoms with Gasteiger partial charge in [-0.1, -0.05) is 0 Å². The Kier molecular flexibility index (Phi) is 6.18. The first-order valence-corrected chi connectivity index (χ1v) is 11.3. The molecule has 2 heterocycles. The van der Waals surface area contributed by atoms with Crippen molar-refractivity contribution in [1.29, 1.82) is 0 Å². The Morgan fingerprint density at radius 3 is 2.63 bits per heavy atom. The summed E-state index contributed by atoms with van der Waals surface area (Å²) in [4.78, 5) is 12.8. The number of nitrogens with zero attached hydrogens (tertiary/aromatic N) is 1. The second kappa shape index (κ2) is 9.17. The van der Waals surface area contributed by atoms with Gasteiger partial charge in [-0.2, -0.15) is 0 Å². The molecule has 0 saturated heterocycles. The van der Waals surface area contributed by atoms with Crippen molar-refractivity contribution in [2.45, 2.75) is 6.54 Å². The molecule has 154 valence electrons. The topological polar surface area (TPSA) is 73.1 Å². The van der Waals surface area contributed by atoms with E-state index in [1.807, 2.05) is 48.6 Å². The molecule has 6 nitrogen and oxygen atoms in total. The number of rotatable bonds is 7. The number of furan rings is 1. The van der Waals surface area contributed by atoms with E-state index in [4.69, 9.17) is 17.1 Å². The van der Waals surface area contributed by atoms with Crippen molar-refractivity contribution in [2.75, 3.05) is 14.2 Å². The molecule has 1 aliphatic heterocycles. The van der Waals surface area contributed by atoms with Gasteiger partial charge in [0.2, 0.25) is 0 Å². The summed E-state index contributed by atoms with van der Waals surface area (Å²) in [5, 5.41) is 2.88. The summed E-state index contributed by atoms with van der Waals surface area (Å²) in [5.74, 6) is 1.85. The molecule has 0 fully saturated rings. The number of carbonyl (C=O) groups is 1. The van der Waals surface area contributed by atoms with Gasteiger partial charge in [0.15, 0.2) is 0 Å². The Balaban J connectivity index is 1.57. The van der Waals surface area contributed by atoms with Crippen LogP contribution in [0.2, 0.25) is 0 Å².